The van der Waals surface area contributed by atoms with Gasteiger partial charge in [0.1, 0.15) is 17.1 Å². The van der Waals surface area contributed by atoms with Crippen LogP contribution in [0.15, 0.2) is 43.5 Å². The van der Waals surface area contributed by atoms with Crippen LogP contribution in [0.4, 0.5) is 0 Å². The minimum Gasteiger partial charge on any atom is -0.507 e. The number of aromatic hydroxyl groups is 1. The van der Waals surface area contributed by atoms with E-state index in [1.807, 2.05) is 6.92 Å². The number of hydrogen-bond acceptors (Lipinski definition) is 6. The second-order valence-corrected chi connectivity index (χ2v) is 7.09. The van der Waals surface area contributed by atoms with Crippen molar-refractivity contribution in [3.8, 4) is 5.75 Å². The number of rotatable bonds is 4. The number of nitrogens with one attached hydrogen (secondary N) is 1. The molecule has 0 aliphatic carbocycles. The van der Waals surface area contributed by atoms with E-state index < -0.39 is 15.6 Å². The van der Waals surface area contributed by atoms with Gasteiger partial charge in [-0.3, -0.25) is 0 Å². The molecule has 7 nitrogen and oxygen atoms in total. The van der Waals surface area contributed by atoms with Gasteiger partial charge in [0.05, 0.1) is 10.6 Å². The van der Waals surface area contributed by atoms with Crippen LogP contribution in [0.1, 0.15) is 29.4 Å². The molecule has 128 valence electrons. The molecule has 2 rings (SSSR count). The highest BCUT2D eigenvalue weighted by Gasteiger charge is 2.18. The zero-order chi connectivity index (χ0) is 18.1. The molecule has 24 heavy (non-hydrogen) atoms. The number of sulfonamides is 1. The molecule has 2 N–H and O–H groups in total. The molecule has 1 aromatic heterocycles. The van der Waals surface area contributed by atoms with Gasteiger partial charge in [-0.05, 0) is 39.3 Å². The van der Waals surface area contributed by atoms with E-state index in [1.165, 1.54) is 26.0 Å². The van der Waals surface area contributed by atoms with Gasteiger partial charge in [0.2, 0.25) is 0 Å². The summed E-state index contributed by atoms with van der Waals surface area (Å²) >= 11 is 0. The molecule has 1 aromatic carbocycles. The molecule has 0 saturated heterocycles. The topological polar surface area (TPSA) is 109 Å². The summed E-state index contributed by atoms with van der Waals surface area (Å²) in [7, 11) is -3.90. The highest BCUT2D eigenvalue weighted by atomic mass is 32.2. The second kappa shape index (κ2) is 6.48. The molecule has 0 fully saturated rings. The smallest absolute Gasteiger partial charge is 0.348 e. The molecule has 0 radical (unpaired) electrons. The van der Waals surface area contributed by atoms with Crippen LogP contribution < -0.4 is 10.5 Å². The fraction of sp³-hybridized carbons (Fsp3) is 0.250. The van der Waals surface area contributed by atoms with Crippen LogP contribution in [0.2, 0.25) is 0 Å². The van der Waals surface area contributed by atoms with Crippen LogP contribution in [0.25, 0.3) is 0 Å². The average Bonchev–Trinajstić information content (AvgIpc) is 2.43. The summed E-state index contributed by atoms with van der Waals surface area (Å²) in [4.78, 5) is 14.0. The zero-order valence-electron chi connectivity index (χ0n) is 13.7. The summed E-state index contributed by atoms with van der Waals surface area (Å²) in [5.74, 6) is -0.0828. The van der Waals surface area contributed by atoms with Crippen molar-refractivity contribution >= 4 is 15.7 Å². The quantitative estimate of drug-likeness (QED) is 0.647. The van der Waals surface area contributed by atoms with E-state index in [1.54, 1.807) is 19.1 Å². The number of hydrazone groups is 1. The molecule has 2 aromatic rings. The van der Waals surface area contributed by atoms with Crippen molar-refractivity contribution in [1.29, 1.82) is 0 Å². The first-order valence-corrected chi connectivity index (χ1v) is 8.57. The van der Waals surface area contributed by atoms with E-state index in [0.29, 0.717) is 5.56 Å². The molecule has 0 bridgehead atoms. The van der Waals surface area contributed by atoms with Crippen molar-refractivity contribution in [2.75, 3.05) is 0 Å². The van der Waals surface area contributed by atoms with E-state index in [2.05, 4.69) is 9.93 Å². The van der Waals surface area contributed by atoms with Crippen LogP contribution >= 0.6 is 0 Å². The van der Waals surface area contributed by atoms with Gasteiger partial charge in [-0.1, -0.05) is 17.7 Å². The summed E-state index contributed by atoms with van der Waals surface area (Å²) in [6.45, 7) is 6.45. The van der Waals surface area contributed by atoms with Gasteiger partial charge in [-0.25, -0.2) is 4.79 Å². The third-order valence-electron chi connectivity index (χ3n) is 3.37. The Balaban J connectivity index is 2.38. The second-order valence-electron chi connectivity index (χ2n) is 5.47. The molecule has 0 spiro atoms. The van der Waals surface area contributed by atoms with Gasteiger partial charge in [0, 0.05) is 6.07 Å². The Hall–Kier alpha value is -2.61. The lowest BCUT2D eigenvalue weighted by atomic mass is 10.2. The average molecular weight is 350 g/mol. The van der Waals surface area contributed by atoms with Gasteiger partial charge < -0.3 is 9.52 Å². The van der Waals surface area contributed by atoms with E-state index in [9.17, 15) is 18.3 Å². The van der Waals surface area contributed by atoms with Gasteiger partial charge in [0.15, 0.2) is 0 Å². The Bertz CT molecular complexity index is 974. The molecule has 0 amide bonds. The van der Waals surface area contributed by atoms with Crippen molar-refractivity contribution in [3.63, 3.8) is 0 Å². The number of aryl methyl sites for hydroxylation is 3. The minimum absolute atomic E-state index is 0.00501. The van der Waals surface area contributed by atoms with E-state index in [0.717, 1.165) is 5.56 Å². The molecule has 0 atom stereocenters. The summed E-state index contributed by atoms with van der Waals surface area (Å²) < 4.78 is 29.6. The highest BCUT2D eigenvalue weighted by Crippen LogP contribution is 2.17. The third kappa shape index (κ3) is 3.65. The Morgan fingerprint density at radius 3 is 2.46 bits per heavy atom. The van der Waals surface area contributed by atoms with Crippen molar-refractivity contribution in [1.82, 2.24) is 4.83 Å². The lowest BCUT2D eigenvalue weighted by Gasteiger charge is -2.09. The molecule has 8 heteroatoms. The van der Waals surface area contributed by atoms with E-state index >= 15 is 0 Å². The predicted molar refractivity (Wildman–Crippen MR) is 89.8 cm³/mol. The van der Waals surface area contributed by atoms with Crippen molar-refractivity contribution < 1.29 is 17.9 Å². The van der Waals surface area contributed by atoms with E-state index in [4.69, 9.17) is 4.42 Å². The van der Waals surface area contributed by atoms with Gasteiger partial charge in [-0.2, -0.15) is 18.4 Å². The SMILES string of the molecule is C/C(=N/NS(=O)(=O)c1ccc(C)cc1C)c1c(O)cc(C)oc1=O. The zero-order valence-corrected chi connectivity index (χ0v) is 14.6. The van der Waals surface area contributed by atoms with Crippen LogP contribution in [-0.4, -0.2) is 19.2 Å². The fourth-order valence-corrected chi connectivity index (χ4v) is 3.35. The van der Waals surface area contributed by atoms with Crippen LogP contribution in [0.3, 0.4) is 0 Å². The third-order valence-corrected chi connectivity index (χ3v) is 4.74. The molecule has 0 saturated carbocycles. The predicted octanol–water partition coefficient (Wildman–Crippen LogP) is 1.97. The monoisotopic (exact) mass is 350 g/mol. The van der Waals surface area contributed by atoms with Crippen molar-refractivity contribution in [3.05, 3.63) is 57.1 Å². The first kappa shape index (κ1) is 17.7. The largest absolute Gasteiger partial charge is 0.507 e. The van der Waals surface area contributed by atoms with Crippen LogP contribution in [0.5, 0.6) is 5.75 Å². The lowest BCUT2D eigenvalue weighted by molar-refractivity contribution is 0.432. The normalized spacial score (nSPS) is 12.2. The van der Waals surface area contributed by atoms with E-state index in [-0.39, 0.29) is 27.7 Å². The number of benzene rings is 1. The molecule has 0 aliphatic heterocycles. The Kier molecular flexibility index (Phi) is 4.79. The van der Waals surface area contributed by atoms with Crippen LogP contribution in [0, 0.1) is 20.8 Å². The Labute approximate surface area is 139 Å². The number of nitrogens with zero attached hydrogens (tertiary/aromatic N) is 1. The first-order valence-electron chi connectivity index (χ1n) is 7.09. The highest BCUT2D eigenvalue weighted by molar-refractivity contribution is 7.89. The molecular weight excluding hydrogens is 332 g/mol. The maximum absolute atomic E-state index is 12.3. The molecular formula is C16H18N2O5S. The van der Waals surface area contributed by atoms with Crippen molar-refractivity contribution in [2.45, 2.75) is 32.6 Å². The van der Waals surface area contributed by atoms with Gasteiger partial charge in [-0.15, -0.1) is 0 Å². The summed E-state index contributed by atoms with van der Waals surface area (Å²) in [6, 6.07) is 6.16. The molecule has 0 aliphatic rings. The summed E-state index contributed by atoms with van der Waals surface area (Å²) in [5.41, 5.74) is 0.527. The molecule has 1 heterocycles. The maximum Gasteiger partial charge on any atom is 0.348 e. The van der Waals surface area contributed by atoms with Crippen LogP contribution in [-0.2, 0) is 10.0 Å². The fourth-order valence-electron chi connectivity index (χ4n) is 2.26. The Morgan fingerprint density at radius 2 is 1.88 bits per heavy atom. The number of hydrogen-bond donors (Lipinski definition) is 2. The standard InChI is InChI=1S/C16H18N2O5S/c1-9-5-6-14(10(2)7-9)24(21,22)18-17-12(4)15-13(19)8-11(3)23-16(15)20/h5-8,18-19H,1-4H3/b17-12-. The summed E-state index contributed by atoms with van der Waals surface area (Å²) in [6.07, 6.45) is 0. The lowest BCUT2D eigenvalue weighted by Crippen LogP contribution is -2.22. The van der Waals surface area contributed by atoms with Gasteiger partial charge >= 0.3 is 5.63 Å². The van der Waals surface area contributed by atoms with Gasteiger partial charge in [0.25, 0.3) is 10.0 Å². The molecule has 0 unspecified atom stereocenters. The summed E-state index contributed by atoms with van der Waals surface area (Å²) in [5, 5.41) is 13.6. The Morgan fingerprint density at radius 1 is 1.21 bits per heavy atom. The minimum atomic E-state index is -3.90. The first-order chi connectivity index (χ1) is 11.1. The van der Waals surface area contributed by atoms with Crippen molar-refractivity contribution in [2.24, 2.45) is 5.10 Å². The maximum atomic E-state index is 12.3.